The molecule has 1 aromatic rings. The molecular weight excluding hydrogens is 338 g/mol. The molecule has 0 radical (unpaired) electrons. The van der Waals surface area contributed by atoms with Crippen LogP contribution in [0.5, 0.6) is 0 Å². The first kappa shape index (κ1) is 21.6. The molecule has 1 atom stereocenters. The molecular formula is C23H35NO3. The molecule has 1 saturated heterocycles. The van der Waals surface area contributed by atoms with Crippen molar-refractivity contribution in [2.24, 2.45) is 0 Å². The first-order valence-electron chi connectivity index (χ1n) is 10.1. The fraction of sp³-hybridized carbons (Fsp3) is 0.609. The van der Waals surface area contributed by atoms with Crippen LogP contribution in [0.1, 0.15) is 78.4 Å². The maximum atomic E-state index is 12.1. The van der Waals surface area contributed by atoms with Gasteiger partial charge in [-0.1, -0.05) is 56.2 Å². The minimum Gasteiger partial charge on any atom is -0.459 e. The Bertz CT molecular complexity index is 606. The molecule has 0 bridgehead atoms. The minimum atomic E-state index is -0.323. The molecule has 1 aliphatic rings. The molecule has 1 unspecified atom stereocenters. The summed E-state index contributed by atoms with van der Waals surface area (Å²) in [7, 11) is 0. The highest BCUT2D eigenvalue weighted by molar-refractivity contribution is 5.81. The van der Waals surface area contributed by atoms with Crippen LogP contribution in [0, 0.1) is 0 Å². The number of carbonyl (C=O) groups is 1. The van der Waals surface area contributed by atoms with E-state index in [2.05, 4.69) is 39.7 Å². The van der Waals surface area contributed by atoms with Crippen molar-refractivity contribution in [3.05, 3.63) is 48.0 Å². The van der Waals surface area contributed by atoms with E-state index in [1.165, 1.54) is 6.08 Å². The van der Waals surface area contributed by atoms with Crippen LogP contribution < -0.4 is 0 Å². The van der Waals surface area contributed by atoms with Gasteiger partial charge in [0.2, 0.25) is 0 Å². The van der Waals surface area contributed by atoms with Crippen molar-refractivity contribution >= 4 is 5.97 Å². The molecule has 1 fully saturated rings. The predicted molar refractivity (Wildman–Crippen MR) is 109 cm³/mol. The Kier molecular flexibility index (Phi) is 7.63. The summed E-state index contributed by atoms with van der Waals surface area (Å²) in [6, 6.07) is 9.99. The van der Waals surface area contributed by atoms with E-state index >= 15 is 0 Å². The summed E-state index contributed by atoms with van der Waals surface area (Å²) >= 11 is 0. The number of ether oxygens (including phenoxy) is 1. The maximum Gasteiger partial charge on any atom is 0.330 e. The largest absolute Gasteiger partial charge is 0.459 e. The topological polar surface area (TPSA) is 38.8 Å². The number of unbranched alkanes of at least 4 members (excludes halogenated alkanes) is 2. The van der Waals surface area contributed by atoms with Gasteiger partial charge in [-0.2, -0.15) is 5.06 Å². The van der Waals surface area contributed by atoms with Crippen molar-refractivity contribution in [3.8, 4) is 0 Å². The van der Waals surface area contributed by atoms with Gasteiger partial charge in [0.1, 0.15) is 12.7 Å². The molecule has 0 saturated carbocycles. The fourth-order valence-corrected chi connectivity index (χ4v) is 3.61. The summed E-state index contributed by atoms with van der Waals surface area (Å²) < 4.78 is 5.51. The first-order valence-corrected chi connectivity index (χ1v) is 10.1. The number of rotatable bonds is 9. The Balaban J connectivity index is 2.07. The molecule has 4 heteroatoms. The van der Waals surface area contributed by atoms with Crippen LogP contribution in [0.3, 0.4) is 0 Å². The van der Waals surface area contributed by atoms with Crippen LogP contribution in [-0.4, -0.2) is 28.7 Å². The molecule has 1 heterocycles. The van der Waals surface area contributed by atoms with Gasteiger partial charge in [0.25, 0.3) is 0 Å². The van der Waals surface area contributed by atoms with Crippen molar-refractivity contribution in [1.82, 2.24) is 5.06 Å². The van der Waals surface area contributed by atoms with Crippen molar-refractivity contribution < 1.29 is 14.4 Å². The van der Waals surface area contributed by atoms with Crippen LogP contribution in [0.4, 0.5) is 0 Å². The van der Waals surface area contributed by atoms with Gasteiger partial charge in [-0.05, 0) is 52.5 Å². The fourth-order valence-electron chi connectivity index (χ4n) is 3.61. The number of hydrogen-bond donors (Lipinski definition) is 0. The highest BCUT2D eigenvalue weighted by Gasteiger charge is 2.47. The SMILES string of the molecule is CCCCC=CC(=O)OCC(ON1C(C)(C)CCC1(C)C)c1ccccc1. The van der Waals surface area contributed by atoms with Gasteiger partial charge >= 0.3 is 5.97 Å². The van der Waals surface area contributed by atoms with E-state index in [-0.39, 0.29) is 29.8 Å². The van der Waals surface area contributed by atoms with Crippen LogP contribution in [0.25, 0.3) is 0 Å². The zero-order chi connectivity index (χ0) is 19.9. The van der Waals surface area contributed by atoms with Crippen LogP contribution in [0.2, 0.25) is 0 Å². The molecule has 0 aromatic heterocycles. The molecule has 1 aromatic carbocycles. The molecule has 27 heavy (non-hydrogen) atoms. The van der Waals surface area contributed by atoms with E-state index in [9.17, 15) is 4.79 Å². The third kappa shape index (κ3) is 6.18. The van der Waals surface area contributed by atoms with Gasteiger partial charge in [0.05, 0.1) is 0 Å². The second-order valence-corrected chi connectivity index (χ2v) is 8.60. The first-order chi connectivity index (χ1) is 12.8. The monoisotopic (exact) mass is 373 g/mol. The van der Waals surface area contributed by atoms with E-state index < -0.39 is 0 Å². The van der Waals surface area contributed by atoms with Crippen molar-refractivity contribution in [2.75, 3.05) is 6.61 Å². The lowest BCUT2D eigenvalue weighted by Gasteiger charge is -2.41. The summed E-state index contributed by atoms with van der Waals surface area (Å²) in [4.78, 5) is 18.5. The Morgan fingerprint density at radius 2 is 1.78 bits per heavy atom. The van der Waals surface area contributed by atoms with E-state index in [1.54, 1.807) is 0 Å². The molecule has 2 rings (SSSR count). The summed E-state index contributed by atoms with van der Waals surface area (Å²) in [5.74, 6) is -0.310. The molecule has 4 nitrogen and oxygen atoms in total. The van der Waals surface area contributed by atoms with Gasteiger partial charge in [-0.25, -0.2) is 4.79 Å². The Morgan fingerprint density at radius 3 is 2.37 bits per heavy atom. The second-order valence-electron chi connectivity index (χ2n) is 8.60. The molecule has 1 aliphatic heterocycles. The molecule has 150 valence electrons. The summed E-state index contributed by atoms with van der Waals surface area (Å²) in [5.41, 5.74) is 0.903. The van der Waals surface area contributed by atoms with Gasteiger partial charge in [0.15, 0.2) is 0 Å². The van der Waals surface area contributed by atoms with E-state index in [1.807, 2.05) is 36.4 Å². The average Bonchev–Trinajstić information content (AvgIpc) is 2.84. The van der Waals surface area contributed by atoms with E-state index in [0.29, 0.717) is 0 Å². The Labute approximate surface area is 164 Å². The number of nitrogens with zero attached hydrogens (tertiary/aromatic N) is 1. The minimum absolute atomic E-state index is 0.0550. The van der Waals surface area contributed by atoms with Crippen molar-refractivity contribution in [3.63, 3.8) is 0 Å². The zero-order valence-corrected chi connectivity index (χ0v) is 17.5. The lowest BCUT2D eigenvalue weighted by atomic mass is 10.0. The Hall–Kier alpha value is -1.65. The standard InChI is InChI=1S/C23H35NO3/c1-6-7-8-12-15-21(25)26-18-20(19-13-10-9-11-14-19)27-24-22(2,3)16-17-23(24,4)5/h9-15,20H,6-8,16-18H2,1-5H3. The van der Waals surface area contributed by atoms with Crippen LogP contribution in [0.15, 0.2) is 42.5 Å². The molecule has 0 spiro atoms. The summed E-state index contributed by atoms with van der Waals surface area (Å²) in [6.45, 7) is 11.1. The number of hydroxylamine groups is 2. The summed E-state index contributed by atoms with van der Waals surface area (Å²) in [6.07, 6.45) is 8.33. The number of hydrogen-bond acceptors (Lipinski definition) is 4. The summed E-state index contributed by atoms with van der Waals surface area (Å²) in [5, 5.41) is 2.10. The second kappa shape index (κ2) is 9.52. The third-order valence-corrected chi connectivity index (χ3v) is 5.21. The van der Waals surface area contributed by atoms with Crippen LogP contribution in [-0.2, 0) is 14.4 Å². The average molecular weight is 374 g/mol. The normalized spacial score (nSPS) is 20.0. The molecule has 0 aliphatic carbocycles. The van der Waals surface area contributed by atoms with Gasteiger partial charge in [-0.15, -0.1) is 0 Å². The van der Waals surface area contributed by atoms with Gasteiger partial charge in [-0.3, -0.25) is 4.84 Å². The van der Waals surface area contributed by atoms with E-state index in [4.69, 9.17) is 9.57 Å². The van der Waals surface area contributed by atoms with Crippen LogP contribution >= 0.6 is 0 Å². The Morgan fingerprint density at radius 1 is 1.15 bits per heavy atom. The smallest absolute Gasteiger partial charge is 0.330 e. The van der Waals surface area contributed by atoms with Gasteiger partial charge < -0.3 is 4.74 Å². The maximum absolute atomic E-state index is 12.1. The highest BCUT2D eigenvalue weighted by Crippen LogP contribution is 2.42. The quantitative estimate of drug-likeness (QED) is 0.321. The van der Waals surface area contributed by atoms with Crippen molar-refractivity contribution in [2.45, 2.75) is 83.9 Å². The third-order valence-electron chi connectivity index (χ3n) is 5.21. The van der Waals surface area contributed by atoms with Gasteiger partial charge in [0, 0.05) is 17.2 Å². The lowest BCUT2D eigenvalue weighted by Crippen LogP contribution is -2.49. The lowest BCUT2D eigenvalue weighted by molar-refractivity contribution is -0.278. The zero-order valence-electron chi connectivity index (χ0n) is 17.5. The number of benzene rings is 1. The number of carbonyl (C=O) groups excluding carboxylic acids is 1. The molecule has 0 N–H and O–H groups in total. The predicted octanol–water partition coefficient (Wildman–Crippen LogP) is 5.60. The number of esters is 1. The van der Waals surface area contributed by atoms with E-state index in [0.717, 1.165) is 37.7 Å². The molecule has 0 amide bonds. The van der Waals surface area contributed by atoms with Crippen molar-refractivity contribution in [1.29, 1.82) is 0 Å². The number of allylic oxidation sites excluding steroid dienone is 1. The highest BCUT2D eigenvalue weighted by atomic mass is 16.7.